The van der Waals surface area contributed by atoms with Crippen LogP contribution in [0.15, 0.2) is 47.8 Å². The van der Waals surface area contributed by atoms with Gasteiger partial charge in [0.25, 0.3) is 5.91 Å². The number of benzene rings is 1. The van der Waals surface area contributed by atoms with Crippen LogP contribution in [0.4, 0.5) is 5.69 Å². The van der Waals surface area contributed by atoms with Gasteiger partial charge in [-0.25, -0.2) is 0 Å². The van der Waals surface area contributed by atoms with Crippen LogP contribution in [0.3, 0.4) is 0 Å². The minimum Gasteiger partial charge on any atom is -0.368 e. The Morgan fingerprint density at radius 3 is 2.38 bits per heavy atom. The number of likely N-dealkylation sites (tertiary alicyclic amines) is 1. The fraction of sp³-hybridized carbons (Fsp3) is 0.400. The first-order chi connectivity index (χ1) is 12.7. The Morgan fingerprint density at radius 2 is 1.69 bits per heavy atom. The van der Waals surface area contributed by atoms with E-state index < -0.39 is 0 Å². The Labute approximate surface area is 157 Å². The van der Waals surface area contributed by atoms with E-state index in [0.29, 0.717) is 19.6 Å². The standard InChI is InChI=1S/C20H23N3O2S/c24-19(17-8-4-10-23(17)20(25)18-9-5-15-26-18)22-13-11-21(12-14-22)16-6-2-1-3-7-16/h1-3,5-7,9,15,17H,4,8,10-14H2. The lowest BCUT2D eigenvalue weighted by Gasteiger charge is -2.38. The van der Waals surface area contributed by atoms with Gasteiger partial charge in [-0.1, -0.05) is 24.3 Å². The van der Waals surface area contributed by atoms with Crippen LogP contribution in [-0.2, 0) is 4.79 Å². The van der Waals surface area contributed by atoms with Crippen molar-refractivity contribution in [1.29, 1.82) is 0 Å². The summed E-state index contributed by atoms with van der Waals surface area (Å²) in [5.41, 5.74) is 1.20. The summed E-state index contributed by atoms with van der Waals surface area (Å²) < 4.78 is 0. The van der Waals surface area contributed by atoms with E-state index in [-0.39, 0.29) is 17.9 Å². The summed E-state index contributed by atoms with van der Waals surface area (Å²) in [5, 5.41) is 1.91. The fourth-order valence-corrected chi connectivity index (χ4v) is 4.52. The quantitative estimate of drug-likeness (QED) is 0.836. The SMILES string of the molecule is O=C(C1CCCN1C(=O)c1cccs1)N1CCN(c2ccccc2)CC1. The van der Waals surface area contributed by atoms with E-state index in [9.17, 15) is 9.59 Å². The van der Waals surface area contributed by atoms with Crippen molar-refractivity contribution in [2.75, 3.05) is 37.6 Å². The van der Waals surface area contributed by atoms with E-state index in [0.717, 1.165) is 30.8 Å². The van der Waals surface area contributed by atoms with E-state index in [2.05, 4.69) is 17.0 Å². The molecule has 2 aromatic rings. The first-order valence-corrected chi connectivity index (χ1v) is 10.1. The summed E-state index contributed by atoms with van der Waals surface area (Å²) in [5.74, 6) is 0.110. The topological polar surface area (TPSA) is 43.9 Å². The maximum absolute atomic E-state index is 13.0. The molecule has 2 saturated heterocycles. The number of piperazine rings is 1. The number of thiophene rings is 1. The van der Waals surface area contributed by atoms with Crippen LogP contribution in [0, 0.1) is 0 Å². The van der Waals surface area contributed by atoms with Crippen molar-refractivity contribution in [1.82, 2.24) is 9.80 Å². The number of carbonyl (C=O) groups is 2. The van der Waals surface area contributed by atoms with E-state index in [1.54, 1.807) is 4.90 Å². The average molecular weight is 369 g/mol. The molecule has 4 rings (SSSR count). The van der Waals surface area contributed by atoms with Gasteiger partial charge >= 0.3 is 0 Å². The highest BCUT2D eigenvalue weighted by molar-refractivity contribution is 7.12. The average Bonchev–Trinajstić information content (AvgIpc) is 3.40. The van der Waals surface area contributed by atoms with E-state index in [1.807, 2.05) is 40.6 Å². The van der Waals surface area contributed by atoms with Crippen LogP contribution in [0.25, 0.3) is 0 Å². The molecule has 1 atom stereocenters. The molecule has 2 amide bonds. The van der Waals surface area contributed by atoms with Crippen molar-refractivity contribution >= 4 is 28.8 Å². The zero-order valence-electron chi connectivity index (χ0n) is 14.7. The Kier molecular flexibility index (Phi) is 4.93. The maximum Gasteiger partial charge on any atom is 0.264 e. The van der Waals surface area contributed by atoms with Crippen molar-refractivity contribution in [2.45, 2.75) is 18.9 Å². The molecule has 1 unspecified atom stereocenters. The summed E-state index contributed by atoms with van der Waals surface area (Å²) >= 11 is 1.44. The molecular weight excluding hydrogens is 346 g/mol. The highest BCUT2D eigenvalue weighted by Crippen LogP contribution is 2.24. The molecular formula is C20H23N3O2S. The van der Waals surface area contributed by atoms with Gasteiger partial charge in [0.15, 0.2) is 0 Å². The Bertz CT molecular complexity index is 755. The van der Waals surface area contributed by atoms with Crippen LogP contribution in [0.2, 0.25) is 0 Å². The van der Waals surface area contributed by atoms with Gasteiger partial charge in [-0.2, -0.15) is 0 Å². The fourth-order valence-electron chi connectivity index (χ4n) is 3.84. The van der Waals surface area contributed by atoms with Gasteiger partial charge in [0.05, 0.1) is 4.88 Å². The van der Waals surface area contributed by atoms with Gasteiger partial charge in [0, 0.05) is 38.4 Å². The zero-order chi connectivity index (χ0) is 17.9. The van der Waals surface area contributed by atoms with Crippen LogP contribution < -0.4 is 4.90 Å². The minimum atomic E-state index is -0.298. The van der Waals surface area contributed by atoms with Crippen molar-refractivity contribution in [3.63, 3.8) is 0 Å². The number of para-hydroxylation sites is 1. The molecule has 2 fully saturated rings. The molecule has 1 aromatic carbocycles. The molecule has 0 bridgehead atoms. The molecule has 0 spiro atoms. The van der Waals surface area contributed by atoms with Crippen LogP contribution in [0.1, 0.15) is 22.5 Å². The van der Waals surface area contributed by atoms with Crippen molar-refractivity contribution < 1.29 is 9.59 Å². The van der Waals surface area contributed by atoms with Crippen molar-refractivity contribution in [3.05, 3.63) is 52.7 Å². The van der Waals surface area contributed by atoms with Crippen LogP contribution >= 0.6 is 11.3 Å². The van der Waals surface area contributed by atoms with E-state index >= 15 is 0 Å². The first-order valence-electron chi connectivity index (χ1n) is 9.17. The Hall–Kier alpha value is -2.34. The van der Waals surface area contributed by atoms with Gasteiger partial charge < -0.3 is 14.7 Å². The molecule has 26 heavy (non-hydrogen) atoms. The lowest BCUT2D eigenvalue weighted by atomic mass is 10.1. The largest absolute Gasteiger partial charge is 0.368 e. The predicted molar refractivity (Wildman–Crippen MR) is 104 cm³/mol. The molecule has 136 valence electrons. The summed E-state index contributed by atoms with van der Waals surface area (Å²) in [6, 6.07) is 13.7. The number of nitrogens with zero attached hydrogens (tertiary/aromatic N) is 3. The molecule has 1 aromatic heterocycles. The molecule has 6 heteroatoms. The second kappa shape index (κ2) is 7.50. The lowest BCUT2D eigenvalue weighted by molar-refractivity contribution is -0.135. The van der Waals surface area contributed by atoms with Gasteiger partial charge in [0.1, 0.15) is 6.04 Å². The lowest BCUT2D eigenvalue weighted by Crippen LogP contribution is -2.54. The number of hydrogen-bond acceptors (Lipinski definition) is 4. The molecule has 2 aliphatic rings. The number of hydrogen-bond donors (Lipinski definition) is 0. The molecule has 5 nitrogen and oxygen atoms in total. The first kappa shape index (κ1) is 17.1. The predicted octanol–water partition coefficient (Wildman–Crippen LogP) is 2.70. The molecule has 0 N–H and O–H groups in total. The molecule has 0 saturated carbocycles. The highest BCUT2D eigenvalue weighted by Gasteiger charge is 2.37. The van der Waals surface area contributed by atoms with Gasteiger partial charge in [-0.05, 0) is 36.4 Å². The summed E-state index contributed by atoms with van der Waals surface area (Å²) in [6.45, 7) is 3.77. The number of anilines is 1. The Balaban J connectivity index is 1.39. The third-order valence-corrected chi connectivity index (χ3v) is 6.10. The molecule has 0 aliphatic carbocycles. The summed E-state index contributed by atoms with van der Waals surface area (Å²) in [4.78, 5) is 32.5. The van der Waals surface area contributed by atoms with Crippen molar-refractivity contribution in [2.24, 2.45) is 0 Å². The second-order valence-corrected chi connectivity index (χ2v) is 7.73. The van der Waals surface area contributed by atoms with Gasteiger partial charge in [-0.3, -0.25) is 9.59 Å². The Morgan fingerprint density at radius 1 is 0.923 bits per heavy atom. The zero-order valence-corrected chi connectivity index (χ0v) is 15.5. The van der Waals surface area contributed by atoms with Gasteiger partial charge in [-0.15, -0.1) is 11.3 Å². The smallest absolute Gasteiger partial charge is 0.264 e. The minimum absolute atomic E-state index is 0.00114. The van der Waals surface area contributed by atoms with Crippen LogP contribution in [0.5, 0.6) is 0 Å². The van der Waals surface area contributed by atoms with Crippen molar-refractivity contribution in [3.8, 4) is 0 Å². The van der Waals surface area contributed by atoms with Crippen LogP contribution in [-0.4, -0.2) is 60.4 Å². The third-order valence-electron chi connectivity index (χ3n) is 5.24. The maximum atomic E-state index is 13.0. The van der Waals surface area contributed by atoms with Gasteiger partial charge in [0.2, 0.25) is 5.91 Å². The third kappa shape index (κ3) is 3.33. The van der Waals surface area contributed by atoms with E-state index in [1.165, 1.54) is 17.0 Å². The molecule has 0 radical (unpaired) electrons. The number of carbonyl (C=O) groups excluding carboxylic acids is 2. The number of rotatable bonds is 3. The normalized spacial score (nSPS) is 20.5. The van der Waals surface area contributed by atoms with E-state index in [4.69, 9.17) is 0 Å². The summed E-state index contributed by atoms with van der Waals surface area (Å²) in [7, 11) is 0. The summed E-state index contributed by atoms with van der Waals surface area (Å²) in [6.07, 6.45) is 1.67. The second-order valence-electron chi connectivity index (χ2n) is 6.78. The molecule has 2 aliphatic heterocycles. The number of amides is 2. The monoisotopic (exact) mass is 369 g/mol. The highest BCUT2D eigenvalue weighted by atomic mass is 32.1. The molecule has 3 heterocycles.